The Bertz CT molecular complexity index is 661. The SMILES string of the molecule is COCCc1nc2c(c(N(C)Cc3ccccc3)n1)CCOCC2. The van der Waals surface area contributed by atoms with Crippen molar-refractivity contribution in [1.29, 1.82) is 0 Å². The first-order chi connectivity index (χ1) is 11.8. The Labute approximate surface area is 143 Å². The monoisotopic (exact) mass is 327 g/mol. The van der Waals surface area contributed by atoms with Gasteiger partial charge in [-0.3, -0.25) is 0 Å². The minimum Gasteiger partial charge on any atom is -0.384 e. The first-order valence-electron chi connectivity index (χ1n) is 8.48. The fourth-order valence-electron chi connectivity index (χ4n) is 3.03. The molecule has 128 valence electrons. The predicted octanol–water partition coefficient (Wildman–Crippen LogP) is 2.42. The quantitative estimate of drug-likeness (QED) is 0.815. The Morgan fingerprint density at radius 1 is 1.12 bits per heavy atom. The van der Waals surface area contributed by atoms with E-state index in [1.807, 2.05) is 6.07 Å². The first kappa shape index (κ1) is 16.9. The second-order valence-corrected chi connectivity index (χ2v) is 6.09. The highest BCUT2D eigenvalue weighted by Gasteiger charge is 2.19. The highest BCUT2D eigenvalue weighted by molar-refractivity contribution is 5.50. The van der Waals surface area contributed by atoms with Gasteiger partial charge in [-0.2, -0.15) is 0 Å². The molecule has 5 heteroatoms. The van der Waals surface area contributed by atoms with Crippen LogP contribution in [0.5, 0.6) is 0 Å². The fraction of sp³-hybridized carbons (Fsp3) is 0.474. The maximum absolute atomic E-state index is 5.64. The summed E-state index contributed by atoms with van der Waals surface area (Å²) in [4.78, 5) is 11.8. The lowest BCUT2D eigenvalue weighted by Crippen LogP contribution is -2.22. The van der Waals surface area contributed by atoms with E-state index in [2.05, 4.69) is 36.2 Å². The summed E-state index contributed by atoms with van der Waals surface area (Å²) in [5, 5.41) is 0. The van der Waals surface area contributed by atoms with Crippen LogP contribution in [0.4, 0.5) is 5.82 Å². The largest absolute Gasteiger partial charge is 0.384 e. The number of methoxy groups -OCH3 is 1. The molecular formula is C19H25N3O2. The Hall–Kier alpha value is -1.98. The number of anilines is 1. The predicted molar refractivity (Wildman–Crippen MR) is 94.4 cm³/mol. The molecule has 3 rings (SSSR count). The molecule has 1 aromatic heterocycles. The Kier molecular flexibility index (Phi) is 5.77. The van der Waals surface area contributed by atoms with Crippen molar-refractivity contribution in [2.45, 2.75) is 25.8 Å². The van der Waals surface area contributed by atoms with Crippen molar-refractivity contribution < 1.29 is 9.47 Å². The lowest BCUT2D eigenvalue weighted by molar-refractivity contribution is 0.146. The van der Waals surface area contributed by atoms with Crippen LogP contribution in [0.1, 0.15) is 22.6 Å². The van der Waals surface area contributed by atoms with E-state index in [1.165, 1.54) is 11.1 Å². The number of benzene rings is 1. The van der Waals surface area contributed by atoms with Gasteiger partial charge in [-0.15, -0.1) is 0 Å². The van der Waals surface area contributed by atoms with Gasteiger partial charge >= 0.3 is 0 Å². The van der Waals surface area contributed by atoms with Crippen molar-refractivity contribution in [3.8, 4) is 0 Å². The second-order valence-electron chi connectivity index (χ2n) is 6.09. The number of nitrogens with zero attached hydrogens (tertiary/aromatic N) is 3. The van der Waals surface area contributed by atoms with Gasteiger partial charge in [0.1, 0.15) is 11.6 Å². The van der Waals surface area contributed by atoms with Gasteiger partial charge in [-0.05, 0) is 5.56 Å². The van der Waals surface area contributed by atoms with Crippen LogP contribution in [0.2, 0.25) is 0 Å². The lowest BCUT2D eigenvalue weighted by Gasteiger charge is -2.23. The summed E-state index contributed by atoms with van der Waals surface area (Å²) in [6, 6.07) is 10.5. The van der Waals surface area contributed by atoms with E-state index >= 15 is 0 Å². The van der Waals surface area contributed by atoms with E-state index < -0.39 is 0 Å². The molecule has 1 aliphatic heterocycles. The van der Waals surface area contributed by atoms with Crippen molar-refractivity contribution in [3.63, 3.8) is 0 Å². The summed E-state index contributed by atoms with van der Waals surface area (Å²) in [5.41, 5.74) is 3.63. The summed E-state index contributed by atoms with van der Waals surface area (Å²) < 4.78 is 10.8. The topological polar surface area (TPSA) is 47.5 Å². The average molecular weight is 327 g/mol. The number of aromatic nitrogens is 2. The van der Waals surface area contributed by atoms with Crippen LogP contribution in [0.25, 0.3) is 0 Å². The summed E-state index contributed by atoms with van der Waals surface area (Å²) in [5.74, 6) is 1.88. The molecule has 2 aromatic rings. The molecule has 0 unspecified atom stereocenters. The number of hydrogen-bond donors (Lipinski definition) is 0. The maximum atomic E-state index is 5.64. The van der Waals surface area contributed by atoms with Crippen molar-refractivity contribution in [2.75, 3.05) is 38.9 Å². The van der Waals surface area contributed by atoms with E-state index in [9.17, 15) is 0 Å². The number of hydrogen-bond acceptors (Lipinski definition) is 5. The molecule has 2 heterocycles. The van der Waals surface area contributed by atoms with Gasteiger partial charge in [-0.25, -0.2) is 9.97 Å². The van der Waals surface area contributed by atoms with Crippen LogP contribution in [0, 0.1) is 0 Å². The number of ether oxygens (including phenoxy) is 2. The molecule has 0 radical (unpaired) electrons. The summed E-state index contributed by atoms with van der Waals surface area (Å²) in [6.45, 7) is 2.93. The molecule has 24 heavy (non-hydrogen) atoms. The summed E-state index contributed by atoms with van der Waals surface area (Å²) in [6.07, 6.45) is 2.45. The third-order valence-corrected chi connectivity index (χ3v) is 4.25. The minimum atomic E-state index is 0.636. The van der Waals surface area contributed by atoms with Crippen molar-refractivity contribution >= 4 is 5.82 Å². The van der Waals surface area contributed by atoms with Crippen molar-refractivity contribution in [3.05, 3.63) is 53.0 Å². The molecule has 0 amide bonds. The van der Waals surface area contributed by atoms with Gasteiger partial charge in [0, 0.05) is 45.5 Å². The van der Waals surface area contributed by atoms with Crippen LogP contribution >= 0.6 is 0 Å². The van der Waals surface area contributed by atoms with Crippen LogP contribution < -0.4 is 4.90 Å². The second kappa shape index (κ2) is 8.22. The van der Waals surface area contributed by atoms with Crippen LogP contribution in [0.15, 0.2) is 30.3 Å². The highest BCUT2D eigenvalue weighted by Crippen LogP contribution is 2.25. The molecule has 0 bridgehead atoms. The third kappa shape index (κ3) is 4.10. The van der Waals surface area contributed by atoms with Gasteiger partial charge in [0.2, 0.25) is 0 Å². The molecule has 0 spiro atoms. The van der Waals surface area contributed by atoms with Crippen LogP contribution in [-0.4, -0.2) is 43.9 Å². The van der Waals surface area contributed by atoms with E-state index in [1.54, 1.807) is 7.11 Å². The summed E-state index contributed by atoms with van der Waals surface area (Å²) in [7, 11) is 3.81. The standard InChI is InChI=1S/C19H25N3O2/c1-22(14-15-6-4-3-5-7-15)19-16-8-12-24-13-9-17(16)20-18(21-19)10-11-23-2/h3-7H,8-14H2,1-2H3. The molecule has 0 saturated heterocycles. The Morgan fingerprint density at radius 3 is 2.71 bits per heavy atom. The highest BCUT2D eigenvalue weighted by atomic mass is 16.5. The Balaban J connectivity index is 1.91. The molecule has 0 saturated carbocycles. The third-order valence-electron chi connectivity index (χ3n) is 4.25. The van der Waals surface area contributed by atoms with E-state index in [-0.39, 0.29) is 0 Å². The van der Waals surface area contributed by atoms with Crippen molar-refractivity contribution in [1.82, 2.24) is 9.97 Å². The lowest BCUT2D eigenvalue weighted by atomic mass is 10.1. The maximum Gasteiger partial charge on any atom is 0.135 e. The molecule has 0 fully saturated rings. The van der Waals surface area contributed by atoms with E-state index in [0.717, 1.165) is 56.4 Å². The molecular weight excluding hydrogens is 302 g/mol. The molecule has 0 N–H and O–H groups in total. The smallest absolute Gasteiger partial charge is 0.135 e. The Morgan fingerprint density at radius 2 is 1.92 bits per heavy atom. The minimum absolute atomic E-state index is 0.636. The van der Waals surface area contributed by atoms with Gasteiger partial charge < -0.3 is 14.4 Å². The average Bonchev–Trinajstić information content (AvgIpc) is 2.85. The normalized spacial score (nSPS) is 14.1. The molecule has 5 nitrogen and oxygen atoms in total. The van der Waals surface area contributed by atoms with Crippen LogP contribution in [-0.2, 0) is 35.3 Å². The molecule has 0 aliphatic carbocycles. The zero-order chi connectivity index (χ0) is 16.8. The number of rotatable bonds is 6. The van der Waals surface area contributed by atoms with E-state index in [4.69, 9.17) is 19.4 Å². The van der Waals surface area contributed by atoms with Gasteiger partial charge in [0.05, 0.1) is 25.5 Å². The van der Waals surface area contributed by atoms with E-state index in [0.29, 0.717) is 6.61 Å². The zero-order valence-electron chi connectivity index (χ0n) is 14.5. The molecule has 1 aliphatic rings. The zero-order valence-corrected chi connectivity index (χ0v) is 14.5. The molecule has 1 aromatic carbocycles. The van der Waals surface area contributed by atoms with Crippen molar-refractivity contribution in [2.24, 2.45) is 0 Å². The molecule has 0 atom stereocenters. The fourth-order valence-corrected chi connectivity index (χ4v) is 3.03. The van der Waals surface area contributed by atoms with Crippen LogP contribution in [0.3, 0.4) is 0 Å². The van der Waals surface area contributed by atoms with Gasteiger partial charge in [-0.1, -0.05) is 30.3 Å². The van der Waals surface area contributed by atoms with Gasteiger partial charge in [0.15, 0.2) is 0 Å². The number of fused-ring (bicyclic) bond motifs is 1. The first-order valence-corrected chi connectivity index (χ1v) is 8.48. The summed E-state index contributed by atoms with van der Waals surface area (Å²) >= 11 is 0. The van der Waals surface area contributed by atoms with Gasteiger partial charge in [0.25, 0.3) is 0 Å².